The minimum Gasteiger partial charge on any atom is -0.496 e. The molecule has 3 nitrogen and oxygen atoms in total. The second-order valence-corrected chi connectivity index (χ2v) is 6.02. The van der Waals surface area contributed by atoms with E-state index in [1.807, 2.05) is 30.5 Å². The zero-order chi connectivity index (χ0) is 14.7. The minimum absolute atomic E-state index is 0.249. The quantitative estimate of drug-likeness (QED) is 0.888. The molecular weight excluding hydrogens is 294 g/mol. The first kappa shape index (κ1) is 15.3. The summed E-state index contributed by atoms with van der Waals surface area (Å²) in [5.74, 6) is 0.485. The van der Waals surface area contributed by atoms with E-state index in [4.69, 9.17) is 22.1 Å². The highest BCUT2D eigenvalue weighted by Gasteiger charge is 2.27. The van der Waals surface area contributed by atoms with Gasteiger partial charge in [0.2, 0.25) is 0 Å². The normalized spacial score (nSPS) is 14.1. The molecule has 3 N–H and O–H groups in total. The fourth-order valence-corrected chi connectivity index (χ4v) is 3.49. The molecule has 2 rings (SSSR count). The Bertz CT molecular complexity index is 585. The van der Waals surface area contributed by atoms with Crippen molar-refractivity contribution in [2.45, 2.75) is 18.9 Å². The Hall–Kier alpha value is -1.07. The highest BCUT2D eigenvalue weighted by atomic mass is 35.5. The molecule has 2 unspecified atom stereocenters. The Kier molecular flexibility index (Phi) is 5.05. The van der Waals surface area contributed by atoms with Crippen LogP contribution in [0, 0.1) is 6.92 Å². The third kappa shape index (κ3) is 2.99. The van der Waals surface area contributed by atoms with E-state index in [2.05, 4.69) is 0 Å². The first-order valence-electron chi connectivity index (χ1n) is 6.34. The number of aliphatic hydroxyl groups excluding tert-OH is 1. The molecule has 1 heterocycles. The number of aryl methyl sites for hydroxylation is 1. The highest BCUT2D eigenvalue weighted by Crippen LogP contribution is 2.40. The van der Waals surface area contributed by atoms with Gasteiger partial charge in [-0.3, -0.25) is 0 Å². The van der Waals surface area contributed by atoms with Gasteiger partial charge in [-0.2, -0.15) is 0 Å². The van der Waals surface area contributed by atoms with Crippen LogP contribution in [-0.2, 0) is 0 Å². The molecule has 0 amide bonds. The molecule has 0 fully saturated rings. The summed E-state index contributed by atoms with van der Waals surface area (Å²) in [5.41, 5.74) is 7.89. The van der Waals surface area contributed by atoms with Crippen molar-refractivity contribution in [2.75, 3.05) is 13.7 Å². The van der Waals surface area contributed by atoms with Gasteiger partial charge >= 0.3 is 0 Å². The van der Waals surface area contributed by atoms with E-state index < -0.39 is 6.10 Å². The summed E-state index contributed by atoms with van der Waals surface area (Å²) in [6, 6.07) is 7.66. The molecule has 20 heavy (non-hydrogen) atoms. The van der Waals surface area contributed by atoms with Crippen LogP contribution in [0.15, 0.2) is 29.6 Å². The maximum atomic E-state index is 10.6. The van der Waals surface area contributed by atoms with Crippen molar-refractivity contribution in [3.8, 4) is 5.75 Å². The molecule has 0 bridgehead atoms. The molecular formula is C15H18ClNO2S. The predicted molar refractivity (Wildman–Crippen MR) is 83.8 cm³/mol. The third-order valence-electron chi connectivity index (χ3n) is 3.33. The maximum Gasteiger partial charge on any atom is 0.122 e. The van der Waals surface area contributed by atoms with Gasteiger partial charge in [0.05, 0.1) is 23.1 Å². The summed E-state index contributed by atoms with van der Waals surface area (Å²) < 4.78 is 5.38. The fraction of sp³-hybridized carbons (Fsp3) is 0.333. The van der Waals surface area contributed by atoms with Crippen molar-refractivity contribution in [2.24, 2.45) is 5.73 Å². The second-order valence-electron chi connectivity index (χ2n) is 4.67. The van der Waals surface area contributed by atoms with Crippen LogP contribution < -0.4 is 10.5 Å². The molecule has 2 atom stereocenters. The van der Waals surface area contributed by atoms with Gasteiger partial charge in [0, 0.05) is 18.0 Å². The average molecular weight is 312 g/mol. The molecule has 0 saturated carbocycles. The zero-order valence-electron chi connectivity index (χ0n) is 11.5. The van der Waals surface area contributed by atoms with E-state index in [1.165, 1.54) is 11.3 Å². The van der Waals surface area contributed by atoms with Gasteiger partial charge in [-0.15, -0.1) is 11.3 Å². The van der Waals surface area contributed by atoms with Crippen molar-refractivity contribution in [3.63, 3.8) is 0 Å². The molecule has 1 aromatic carbocycles. The van der Waals surface area contributed by atoms with E-state index in [-0.39, 0.29) is 5.92 Å². The van der Waals surface area contributed by atoms with Gasteiger partial charge in [-0.25, -0.2) is 0 Å². The number of nitrogens with two attached hydrogens (primary N) is 1. The third-order valence-corrected chi connectivity index (χ3v) is 4.76. The van der Waals surface area contributed by atoms with E-state index in [0.717, 1.165) is 21.8 Å². The average Bonchev–Trinajstić information content (AvgIpc) is 2.86. The first-order chi connectivity index (χ1) is 9.58. The van der Waals surface area contributed by atoms with Gasteiger partial charge in [-0.05, 0) is 24.4 Å². The number of thiophene rings is 1. The summed E-state index contributed by atoms with van der Waals surface area (Å²) in [4.78, 5) is 0.741. The largest absolute Gasteiger partial charge is 0.496 e. The molecule has 0 aliphatic heterocycles. The molecule has 0 aliphatic carbocycles. The second kappa shape index (κ2) is 6.59. The number of hydrogen-bond donors (Lipinski definition) is 2. The molecule has 5 heteroatoms. The molecule has 2 aromatic rings. The topological polar surface area (TPSA) is 55.5 Å². The van der Waals surface area contributed by atoms with Crippen molar-refractivity contribution >= 4 is 22.9 Å². The summed E-state index contributed by atoms with van der Waals surface area (Å²) in [6.45, 7) is 2.32. The highest BCUT2D eigenvalue weighted by molar-refractivity contribution is 7.10. The monoisotopic (exact) mass is 311 g/mol. The van der Waals surface area contributed by atoms with E-state index in [1.54, 1.807) is 13.2 Å². The van der Waals surface area contributed by atoms with Gasteiger partial charge in [0.1, 0.15) is 5.75 Å². The van der Waals surface area contributed by atoms with Gasteiger partial charge < -0.3 is 15.6 Å². The molecule has 0 saturated heterocycles. The van der Waals surface area contributed by atoms with Crippen LogP contribution in [0.4, 0.5) is 0 Å². The SMILES string of the molecule is COc1ccc(C)cc1C(CN)C(O)c1sccc1Cl. The zero-order valence-corrected chi connectivity index (χ0v) is 13.0. The number of benzene rings is 1. The summed E-state index contributed by atoms with van der Waals surface area (Å²) >= 11 is 7.54. The lowest BCUT2D eigenvalue weighted by Gasteiger charge is -2.23. The standard InChI is InChI=1S/C15H18ClNO2S/c1-9-3-4-13(19-2)10(7-9)11(8-17)14(18)15-12(16)5-6-20-15/h3-7,11,14,18H,8,17H2,1-2H3. The van der Waals surface area contributed by atoms with Gasteiger partial charge in [0.15, 0.2) is 0 Å². The smallest absolute Gasteiger partial charge is 0.122 e. The predicted octanol–water partition coefficient (Wildman–Crippen LogP) is 3.49. The van der Waals surface area contributed by atoms with Crippen LogP contribution >= 0.6 is 22.9 Å². The molecule has 0 aliphatic rings. The molecule has 0 spiro atoms. The van der Waals surface area contributed by atoms with Gasteiger partial charge in [0.25, 0.3) is 0 Å². The van der Waals surface area contributed by atoms with E-state index >= 15 is 0 Å². The van der Waals surface area contributed by atoms with E-state index in [9.17, 15) is 5.11 Å². The molecule has 1 aromatic heterocycles. The minimum atomic E-state index is -0.733. The van der Waals surface area contributed by atoms with E-state index in [0.29, 0.717) is 11.6 Å². The maximum absolute atomic E-state index is 10.6. The number of aliphatic hydroxyl groups is 1. The lowest BCUT2D eigenvalue weighted by molar-refractivity contribution is 0.149. The van der Waals surface area contributed by atoms with Crippen molar-refractivity contribution in [1.82, 2.24) is 0 Å². The number of hydrogen-bond acceptors (Lipinski definition) is 4. The van der Waals surface area contributed by atoms with Crippen molar-refractivity contribution < 1.29 is 9.84 Å². The number of halogens is 1. The van der Waals surface area contributed by atoms with Crippen LogP contribution in [0.2, 0.25) is 5.02 Å². The Morgan fingerprint density at radius 3 is 2.70 bits per heavy atom. The summed E-state index contributed by atoms with van der Waals surface area (Å²) in [7, 11) is 1.62. The Morgan fingerprint density at radius 1 is 1.40 bits per heavy atom. The number of ether oxygens (including phenoxy) is 1. The Morgan fingerprint density at radius 2 is 2.15 bits per heavy atom. The number of rotatable bonds is 5. The van der Waals surface area contributed by atoms with Crippen molar-refractivity contribution in [3.05, 3.63) is 50.7 Å². The van der Waals surface area contributed by atoms with Crippen molar-refractivity contribution in [1.29, 1.82) is 0 Å². The van der Waals surface area contributed by atoms with Crippen LogP contribution in [0.25, 0.3) is 0 Å². The first-order valence-corrected chi connectivity index (χ1v) is 7.59. The summed E-state index contributed by atoms with van der Waals surface area (Å²) in [5, 5.41) is 13.0. The Balaban J connectivity index is 2.42. The lowest BCUT2D eigenvalue weighted by atomic mass is 9.90. The van der Waals surface area contributed by atoms with Crippen LogP contribution in [0.3, 0.4) is 0 Å². The van der Waals surface area contributed by atoms with Gasteiger partial charge in [-0.1, -0.05) is 29.3 Å². The van der Waals surface area contributed by atoms with Crippen LogP contribution in [0.5, 0.6) is 5.75 Å². The van der Waals surface area contributed by atoms with Crippen LogP contribution in [-0.4, -0.2) is 18.8 Å². The number of methoxy groups -OCH3 is 1. The summed E-state index contributed by atoms with van der Waals surface area (Å²) in [6.07, 6.45) is -0.733. The fourth-order valence-electron chi connectivity index (χ4n) is 2.27. The Labute approximate surface area is 128 Å². The molecule has 108 valence electrons. The van der Waals surface area contributed by atoms with Crippen LogP contribution in [0.1, 0.15) is 28.0 Å². The lowest BCUT2D eigenvalue weighted by Crippen LogP contribution is -2.20. The molecule has 0 radical (unpaired) electrons.